The molecule has 0 atom stereocenters. The summed E-state index contributed by atoms with van der Waals surface area (Å²) in [6.45, 7) is 4.15. The molecule has 0 aliphatic heterocycles. The minimum atomic E-state index is 0.327. The van der Waals surface area contributed by atoms with E-state index in [2.05, 4.69) is 48.3 Å². The largest absolute Gasteiger partial charge is 0.278 e. The highest BCUT2D eigenvalue weighted by Crippen LogP contribution is 2.26. The van der Waals surface area contributed by atoms with Crippen molar-refractivity contribution < 1.29 is 0 Å². The molecule has 0 aliphatic carbocycles. The number of alkyl halides is 1. The summed E-state index contributed by atoms with van der Waals surface area (Å²) in [6.07, 6.45) is 0. The molecule has 0 N–H and O–H groups in total. The Bertz CT molecular complexity index is 777. The second kappa shape index (κ2) is 5.70. The van der Waals surface area contributed by atoms with E-state index in [4.69, 9.17) is 11.6 Å². The number of aryl methyl sites for hydroxylation is 2. The molecule has 0 fully saturated rings. The van der Waals surface area contributed by atoms with Gasteiger partial charge >= 0.3 is 0 Å². The Morgan fingerprint density at radius 2 is 1.81 bits per heavy atom. The van der Waals surface area contributed by atoms with Crippen LogP contribution in [-0.2, 0) is 5.88 Å². The van der Waals surface area contributed by atoms with Crippen molar-refractivity contribution in [3.8, 4) is 17.1 Å². The van der Waals surface area contributed by atoms with Crippen LogP contribution in [0.1, 0.15) is 17.0 Å². The molecular weight excluding hydrogens is 282 g/mol. The Labute approximate surface area is 129 Å². The van der Waals surface area contributed by atoms with Crippen molar-refractivity contribution in [1.82, 2.24) is 14.8 Å². The van der Waals surface area contributed by atoms with Gasteiger partial charge in [0.25, 0.3) is 0 Å². The van der Waals surface area contributed by atoms with Gasteiger partial charge in [0, 0.05) is 5.56 Å². The molecule has 0 amide bonds. The molecule has 0 saturated carbocycles. The van der Waals surface area contributed by atoms with Crippen molar-refractivity contribution in [2.75, 3.05) is 0 Å². The lowest BCUT2D eigenvalue weighted by Crippen LogP contribution is -2.03. The van der Waals surface area contributed by atoms with E-state index < -0.39 is 0 Å². The third kappa shape index (κ3) is 2.57. The van der Waals surface area contributed by atoms with Crippen molar-refractivity contribution in [2.45, 2.75) is 19.7 Å². The summed E-state index contributed by atoms with van der Waals surface area (Å²) in [5.74, 6) is 1.90. The smallest absolute Gasteiger partial charge is 0.168 e. The van der Waals surface area contributed by atoms with Gasteiger partial charge in [-0.3, -0.25) is 4.57 Å². The number of halogens is 1. The fourth-order valence-corrected chi connectivity index (χ4v) is 2.61. The minimum absolute atomic E-state index is 0.327. The third-order valence-electron chi connectivity index (χ3n) is 3.48. The molecule has 0 radical (unpaired) electrons. The van der Waals surface area contributed by atoms with E-state index in [1.165, 1.54) is 5.56 Å². The Balaban J connectivity index is 2.24. The molecule has 2 aromatic carbocycles. The van der Waals surface area contributed by atoms with Crippen LogP contribution in [0.3, 0.4) is 0 Å². The van der Waals surface area contributed by atoms with Crippen LogP contribution in [0.15, 0.2) is 48.5 Å². The van der Waals surface area contributed by atoms with Crippen molar-refractivity contribution in [3.63, 3.8) is 0 Å². The summed E-state index contributed by atoms with van der Waals surface area (Å²) in [5, 5.41) is 8.58. The molecule has 0 aliphatic rings. The van der Waals surface area contributed by atoms with Crippen LogP contribution in [0.25, 0.3) is 17.1 Å². The Kier molecular flexibility index (Phi) is 3.76. The van der Waals surface area contributed by atoms with Gasteiger partial charge in [-0.1, -0.05) is 42.0 Å². The van der Waals surface area contributed by atoms with Gasteiger partial charge < -0.3 is 0 Å². The molecule has 0 unspecified atom stereocenters. The van der Waals surface area contributed by atoms with E-state index in [9.17, 15) is 0 Å². The summed E-state index contributed by atoms with van der Waals surface area (Å²) in [5.41, 5.74) is 4.47. The monoisotopic (exact) mass is 297 g/mol. The van der Waals surface area contributed by atoms with Crippen LogP contribution in [0.5, 0.6) is 0 Å². The van der Waals surface area contributed by atoms with Gasteiger partial charge in [-0.15, -0.1) is 21.8 Å². The van der Waals surface area contributed by atoms with Crippen LogP contribution >= 0.6 is 11.6 Å². The number of nitrogens with zero attached hydrogens (tertiary/aromatic N) is 3. The molecule has 4 heteroatoms. The second-order valence-corrected chi connectivity index (χ2v) is 5.33. The molecule has 106 valence electrons. The molecule has 3 aromatic rings. The van der Waals surface area contributed by atoms with E-state index in [0.717, 1.165) is 28.5 Å². The van der Waals surface area contributed by atoms with Crippen LogP contribution in [-0.4, -0.2) is 14.8 Å². The van der Waals surface area contributed by atoms with Gasteiger partial charge in [0.15, 0.2) is 11.6 Å². The van der Waals surface area contributed by atoms with E-state index in [-0.39, 0.29) is 0 Å². The van der Waals surface area contributed by atoms with Crippen LogP contribution in [0, 0.1) is 13.8 Å². The van der Waals surface area contributed by atoms with Gasteiger partial charge in [0.1, 0.15) is 0 Å². The number of hydrogen-bond donors (Lipinski definition) is 0. The molecule has 3 rings (SSSR count). The molecule has 1 aromatic heterocycles. The zero-order valence-electron chi connectivity index (χ0n) is 12.0. The number of benzene rings is 2. The first kappa shape index (κ1) is 13.8. The number of hydrogen-bond acceptors (Lipinski definition) is 2. The lowest BCUT2D eigenvalue weighted by molar-refractivity contribution is 0.946. The van der Waals surface area contributed by atoms with E-state index >= 15 is 0 Å². The Hall–Kier alpha value is -2.13. The SMILES string of the molecule is Cc1cccc(-c2nnc(CCl)n2-c2ccccc2C)c1. The van der Waals surface area contributed by atoms with Crippen LogP contribution in [0.2, 0.25) is 0 Å². The van der Waals surface area contributed by atoms with E-state index in [1.807, 2.05) is 28.8 Å². The maximum absolute atomic E-state index is 6.04. The normalized spacial score (nSPS) is 10.8. The van der Waals surface area contributed by atoms with Crippen molar-refractivity contribution in [2.24, 2.45) is 0 Å². The molecule has 1 heterocycles. The van der Waals surface area contributed by atoms with Crippen LogP contribution in [0.4, 0.5) is 0 Å². The van der Waals surface area contributed by atoms with Gasteiger partial charge in [-0.05, 0) is 31.5 Å². The predicted octanol–water partition coefficient (Wildman–Crippen LogP) is 4.29. The summed E-state index contributed by atoms with van der Waals surface area (Å²) in [7, 11) is 0. The highest BCUT2D eigenvalue weighted by molar-refractivity contribution is 6.16. The average Bonchev–Trinajstić information content (AvgIpc) is 2.91. The minimum Gasteiger partial charge on any atom is -0.278 e. The zero-order valence-corrected chi connectivity index (χ0v) is 12.8. The molecule has 0 saturated heterocycles. The standard InChI is InChI=1S/C17H16ClN3/c1-12-6-5-8-14(10-12)17-20-19-16(11-18)21(17)15-9-4-3-7-13(15)2/h3-10H,11H2,1-2H3. The van der Waals surface area contributed by atoms with Gasteiger partial charge in [-0.25, -0.2) is 0 Å². The molecule has 3 nitrogen and oxygen atoms in total. The fourth-order valence-electron chi connectivity index (χ4n) is 2.44. The second-order valence-electron chi connectivity index (χ2n) is 5.06. The molecule has 21 heavy (non-hydrogen) atoms. The maximum atomic E-state index is 6.04. The summed E-state index contributed by atoms with van der Waals surface area (Å²) < 4.78 is 2.04. The first-order valence-corrected chi connectivity index (χ1v) is 7.37. The van der Waals surface area contributed by atoms with Crippen molar-refractivity contribution in [1.29, 1.82) is 0 Å². The predicted molar refractivity (Wildman–Crippen MR) is 85.8 cm³/mol. The molecule has 0 spiro atoms. The highest BCUT2D eigenvalue weighted by Gasteiger charge is 2.16. The topological polar surface area (TPSA) is 30.7 Å². The quantitative estimate of drug-likeness (QED) is 0.675. The first-order valence-electron chi connectivity index (χ1n) is 6.84. The van der Waals surface area contributed by atoms with Crippen molar-refractivity contribution in [3.05, 3.63) is 65.5 Å². The van der Waals surface area contributed by atoms with Crippen molar-refractivity contribution >= 4 is 11.6 Å². The lowest BCUT2D eigenvalue weighted by Gasteiger charge is -2.12. The maximum Gasteiger partial charge on any atom is 0.168 e. The summed E-state index contributed by atoms with van der Waals surface area (Å²) >= 11 is 6.04. The van der Waals surface area contributed by atoms with Gasteiger partial charge in [0.2, 0.25) is 0 Å². The summed E-state index contributed by atoms with van der Waals surface area (Å²) in [6, 6.07) is 16.4. The summed E-state index contributed by atoms with van der Waals surface area (Å²) in [4.78, 5) is 0. The van der Waals surface area contributed by atoms with Gasteiger partial charge in [0.05, 0.1) is 11.6 Å². The van der Waals surface area contributed by atoms with Gasteiger partial charge in [-0.2, -0.15) is 0 Å². The van der Waals surface area contributed by atoms with E-state index in [0.29, 0.717) is 5.88 Å². The highest BCUT2D eigenvalue weighted by atomic mass is 35.5. The fraction of sp³-hybridized carbons (Fsp3) is 0.176. The average molecular weight is 298 g/mol. The first-order chi connectivity index (χ1) is 10.2. The number of aromatic nitrogens is 3. The zero-order chi connectivity index (χ0) is 14.8. The third-order valence-corrected chi connectivity index (χ3v) is 3.72. The Morgan fingerprint density at radius 1 is 1.00 bits per heavy atom. The number of para-hydroxylation sites is 1. The molecular formula is C17H16ClN3. The van der Waals surface area contributed by atoms with E-state index in [1.54, 1.807) is 0 Å². The molecule has 0 bridgehead atoms. The lowest BCUT2D eigenvalue weighted by atomic mass is 10.1. The Morgan fingerprint density at radius 3 is 2.52 bits per heavy atom. The number of rotatable bonds is 3. The van der Waals surface area contributed by atoms with Crippen LogP contribution < -0.4 is 0 Å².